The van der Waals surface area contributed by atoms with Crippen LogP contribution in [0.25, 0.3) is 0 Å². The Hall–Kier alpha value is -1.91. The van der Waals surface area contributed by atoms with E-state index in [4.69, 9.17) is 14.2 Å². The molecule has 0 radical (unpaired) electrons. The number of benzene rings is 1. The van der Waals surface area contributed by atoms with Crippen LogP contribution in [-0.2, 0) is 0 Å². The molecule has 0 fully saturated rings. The standard InChI is InChI=1S/C15H21NO4/c1-3-4-5-6-16-15(17)11-9-12(18-2)14-13(10-11)19-7-8-20-14/h9-10H,3-8H2,1-2H3,(H,16,17). The van der Waals surface area contributed by atoms with Crippen LogP contribution < -0.4 is 19.5 Å². The van der Waals surface area contributed by atoms with Gasteiger partial charge >= 0.3 is 0 Å². The Balaban J connectivity index is 2.09. The summed E-state index contributed by atoms with van der Waals surface area (Å²) in [6, 6.07) is 3.38. The van der Waals surface area contributed by atoms with Crippen LogP contribution in [0.15, 0.2) is 12.1 Å². The van der Waals surface area contributed by atoms with Crippen molar-refractivity contribution < 1.29 is 19.0 Å². The zero-order valence-electron chi connectivity index (χ0n) is 12.0. The Kier molecular flexibility index (Phi) is 5.09. The van der Waals surface area contributed by atoms with E-state index in [0.717, 1.165) is 19.3 Å². The number of carbonyl (C=O) groups is 1. The molecular weight excluding hydrogens is 258 g/mol. The molecule has 1 heterocycles. The lowest BCUT2D eigenvalue weighted by Gasteiger charge is -2.21. The topological polar surface area (TPSA) is 56.8 Å². The lowest BCUT2D eigenvalue weighted by molar-refractivity contribution is 0.0951. The van der Waals surface area contributed by atoms with Crippen molar-refractivity contribution in [3.63, 3.8) is 0 Å². The van der Waals surface area contributed by atoms with Crippen molar-refractivity contribution in [2.75, 3.05) is 26.9 Å². The maximum Gasteiger partial charge on any atom is 0.251 e. The van der Waals surface area contributed by atoms with Crippen molar-refractivity contribution in [2.45, 2.75) is 26.2 Å². The zero-order chi connectivity index (χ0) is 14.4. The minimum Gasteiger partial charge on any atom is -0.493 e. The first-order valence-corrected chi connectivity index (χ1v) is 7.02. The monoisotopic (exact) mass is 279 g/mol. The molecule has 110 valence electrons. The number of methoxy groups -OCH3 is 1. The second kappa shape index (κ2) is 7.03. The molecule has 2 rings (SSSR count). The zero-order valence-corrected chi connectivity index (χ0v) is 12.0. The third kappa shape index (κ3) is 3.35. The van der Waals surface area contributed by atoms with E-state index < -0.39 is 0 Å². The number of nitrogens with one attached hydrogen (secondary N) is 1. The van der Waals surface area contributed by atoms with Gasteiger partial charge in [-0.1, -0.05) is 19.8 Å². The van der Waals surface area contributed by atoms with Crippen molar-refractivity contribution in [3.05, 3.63) is 17.7 Å². The number of carbonyl (C=O) groups excluding carboxylic acids is 1. The number of ether oxygens (including phenoxy) is 3. The van der Waals surface area contributed by atoms with Crippen LogP contribution in [0, 0.1) is 0 Å². The van der Waals surface area contributed by atoms with Crippen molar-refractivity contribution in [1.82, 2.24) is 5.32 Å². The van der Waals surface area contributed by atoms with Gasteiger partial charge in [-0.25, -0.2) is 0 Å². The van der Waals surface area contributed by atoms with Gasteiger partial charge in [0.25, 0.3) is 5.91 Å². The molecule has 0 bridgehead atoms. The largest absolute Gasteiger partial charge is 0.493 e. The summed E-state index contributed by atoms with van der Waals surface area (Å²) in [6.07, 6.45) is 3.24. The first-order valence-electron chi connectivity index (χ1n) is 7.02. The molecule has 1 aliphatic heterocycles. The second-order valence-corrected chi connectivity index (χ2v) is 4.67. The molecule has 0 unspecified atom stereocenters. The van der Waals surface area contributed by atoms with Gasteiger partial charge in [0.2, 0.25) is 5.75 Å². The lowest BCUT2D eigenvalue weighted by Crippen LogP contribution is -2.25. The third-order valence-corrected chi connectivity index (χ3v) is 3.16. The molecule has 0 spiro atoms. The summed E-state index contributed by atoms with van der Waals surface area (Å²) in [5, 5.41) is 2.90. The summed E-state index contributed by atoms with van der Waals surface area (Å²) in [7, 11) is 1.55. The highest BCUT2D eigenvalue weighted by molar-refractivity contribution is 5.95. The van der Waals surface area contributed by atoms with Crippen LogP contribution in [0.3, 0.4) is 0 Å². The third-order valence-electron chi connectivity index (χ3n) is 3.16. The van der Waals surface area contributed by atoms with E-state index in [1.54, 1.807) is 19.2 Å². The average Bonchev–Trinajstić information content (AvgIpc) is 2.50. The van der Waals surface area contributed by atoms with Gasteiger partial charge in [-0.2, -0.15) is 0 Å². The molecule has 1 aromatic rings. The number of hydrogen-bond acceptors (Lipinski definition) is 4. The summed E-state index contributed by atoms with van der Waals surface area (Å²) in [5.74, 6) is 1.55. The lowest BCUT2D eigenvalue weighted by atomic mass is 10.1. The summed E-state index contributed by atoms with van der Waals surface area (Å²) in [6.45, 7) is 3.79. The van der Waals surface area contributed by atoms with E-state index in [2.05, 4.69) is 12.2 Å². The van der Waals surface area contributed by atoms with Gasteiger partial charge in [0.1, 0.15) is 13.2 Å². The molecule has 0 saturated carbocycles. The van der Waals surface area contributed by atoms with Gasteiger partial charge in [-0.05, 0) is 18.6 Å². The van der Waals surface area contributed by atoms with Gasteiger partial charge in [-0.3, -0.25) is 4.79 Å². The van der Waals surface area contributed by atoms with E-state index in [9.17, 15) is 4.79 Å². The van der Waals surface area contributed by atoms with E-state index in [1.165, 1.54) is 0 Å². The number of amides is 1. The normalized spacial score (nSPS) is 12.9. The first kappa shape index (κ1) is 14.5. The number of hydrogen-bond donors (Lipinski definition) is 1. The predicted octanol–water partition coefficient (Wildman–Crippen LogP) is 2.39. The minimum atomic E-state index is -0.114. The summed E-state index contributed by atoms with van der Waals surface area (Å²) < 4.78 is 16.3. The molecule has 1 aliphatic rings. The minimum absolute atomic E-state index is 0.114. The number of unbranched alkanes of at least 4 members (excludes halogenated alkanes) is 2. The highest BCUT2D eigenvalue weighted by atomic mass is 16.6. The van der Waals surface area contributed by atoms with Crippen LogP contribution in [0.5, 0.6) is 17.2 Å². The van der Waals surface area contributed by atoms with E-state index in [0.29, 0.717) is 42.6 Å². The average molecular weight is 279 g/mol. The highest BCUT2D eigenvalue weighted by Gasteiger charge is 2.20. The molecule has 5 heteroatoms. The molecule has 20 heavy (non-hydrogen) atoms. The fourth-order valence-corrected chi connectivity index (χ4v) is 2.08. The molecule has 0 saturated heterocycles. The molecule has 0 aliphatic carbocycles. The van der Waals surface area contributed by atoms with Gasteiger partial charge in [0.15, 0.2) is 11.5 Å². The van der Waals surface area contributed by atoms with E-state index in [1.807, 2.05) is 0 Å². The Morgan fingerprint density at radius 2 is 2.10 bits per heavy atom. The SMILES string of the molecule is CCCCCNC(=O)c1cc(OC)c2c(c1)OCCO2. The quantitative estimate of drug-likeness (QED) is 0.812. The molecule has 1 N–H and O–H groups in total. The Bertz CT molecular complexity index is 456. The van der Waals surface area contributed by atoms with Crippen molar-refractivity contribution in [3.8, 4) is 17.2 Å². The summed E-state index contributed by atoms with van der Waals surface area (Å²) in [4.78, 5) is 12.1. The molecule has 1 amide bonds. The fourth-order valence-electron chi connectivity index (χ4n) is 2.08. The van der Waals surface area contributed by atoms with Crippen molar-refractivity contribution >= 4 is 5.91 Å². The molecule has 1 aromatic carbocycles. The highest BCUT2D eigenvalue weighted by Crippen LogP contribution is 2.40. The molecular formula is C15H21NO4. The first-order chi connectivity index (χ1) is 9.76. The summed E-state index contributed by atoms with van der Waals surface area (Å²) >= 11 is 0. The van der Waals surface area contributed by atoms with Gasteiger partial charge in [-0.15, -0.1) is 0 Å². The van der Waals surface area contributed by atoms with Crippen LogP contribution in [0.2, 0.25) is 0 Å². The summed E-state index contributed by atoms with van der Waals surface area (Å²) in [5.41, 5.74) is 0.530. The second-order valence-electron chi connectivity index (χ2n) is 4.67. The van der Waals surface area contributed by atoms with Gasteiger partial charge < -0.3 is 19.5 Å². The molecule has 0 atom stereocenters. The van der Waals surface area contributed by atoms with E-state index >= 15 is 0 Å². The van der Waals surface area contributed by atoms with Gasteiger partial charge in [0.05, 0.1) is 7.11 Å². The Morgan fingerprint density at radius 1 is 1.30 bits per heavy atom. The Morgan fingerprint density at radius 3 is 2.85 bits per heavy atom. The van der Waals surface area contributed by atoms with Crippen LogP contribution >= 0.6 is 0 Å². The van der Waals surface area contributed by atoms with Crippen LogP contribution in [0.4, 0.5) is 0 Å². The maximum atomic E-state index is 12.1. The van der Waals surface area contributed by atoms with Gasteiger partial charge in [0, 0.05) is 12.1 Å². The van der Waals surface area contributed by atoms with E-state index in [-0.39, 0.29) is 5.91 Å². The van der Waals surface area contributed by atoms with Crippen LogP contribution in [0.1, 0.15) is 36.5 Å². The fraction of sp³-hybridized carbons (Fsp3) is 0.533. The van der Waals surface area contributed by atoms with Crippen molar-refractivity contribution in [2.24, 2.45) is 0 Å². The molecule has 0 aromatic heterocycles. The molecule has 5 nitrogen and oxygen atoms in total. The number of rotatable bonds is 6. The van der Waals surface area contributed by atoms with Crippen LogP contribution in [-0.4, -0.2) is 32.8 Å². The maximum absolute atomic E-state index is 12.1. The predicted molar refractivity (Wildman–Crippen MR) is 75.8 cm³/mol. The smallest absolute Gasteiger partial charge is 0.251 e. The van der Waals surface area contributed by atoms with Crippen molar-refractivity contribution in [1.29, 1.82) is 0 Å². The number of fused-ring (bicyclic) bond motifs is 1. The Labute approximate surface area is 119 Å².